The van der Waals surface area contributed by atoms with Crippen molar-refractivity contribution in [3.8, 4) is 45.1 Å². The third-order valence-electron chi connectivity index (χ3n) is 7.27. The van der Waals surface area contributed by atoms with Gasteiger partial charge in [-0.25, -0.2) is 14.5 Å². The molecule has 0 aliphatic carbocycles. The number of aryl methyl sites for hydroxylation is 1. The fraction of sp³-hybridized carbons (Fsp3) is 0.0294. The lowest BCUT2D eigenvalue weighted by Gasteiger charge is -2.13. The van der Waals surface area contributed by atoms with Crippen molar-refractivity contribution in [2.75, 3.05) is 0 Å². The molecule has 0 aliphatic rings. The summed E-state index contributed by atoms with van der Waals surface area (Å²) >= 11 is 16.0. The number of benzene rings is 4. The summed E-state index contributed by atoms with van der Waals surface area (Å²) in [6, 6.07) is 27.7. The van der Waals surface area contributed by atoms with Gasteiger partial charge in [0.1, 0.15) is 17.0 Å². The Morgan fingerprint density at radius 3 is 2.40 bits per heavy atom. The predicted molar refractivity (Wildman–Crippen MR) is 175 cm³/mol. The van der Waals surface area contributed by atoms with Gasteiger partial charge in [0.2, 0.25) is 0 Å². The number of aromatic hydroxyl groups is 1. The maximum absolute atomic E-state index is 13.8. The van der Waals surface area contributed by atoms with Gasteiger partial charge in [-0.05, 0) is 83.0 Å². The molecule has 43 heavy (non-hydrogen) atoms. The Morgan fingerprint density at radius 1 is 0.860 bits per heavy atom. The molecule has 0 saturated heterocycles. The van der Waals surface area contributed by atoms with Crippen molar-refractivity contribution in [1.82, 2.24) is 14.8 Å². The van der Waals surface area contributed by atoms with E-state index in [9.17, 15) is 9.90 Å². The average molecular weight is 669 g/mol. The number of nitrogens with zero attached hydrogens (tertiary/aromatic N) is 3. The van der Waals surface area contributed by atoms with Crippen molar-refractivity contribution < 1.29 is 9.52 Å². The van der Waals surface area contributed by atoms with Crippen LogP contribution in [0, 0.1) is 6.92 Å². The van der Waals surface area contributed by atoms with E-state index in [0.29, 0.717) is 64.5 Å². The van der Waals surface area contributed by atoms with Crippen molar-refractivity contribution in [2.24, 2.45) is 0 Å². The van der Waals surface area contributed by atoms with Gasteiger partial charge in [-0.2, -0.15) is 5.10 Å². The van der Waals surface area contributed by atoms with E-state index in [1.807, 2.05) is 73.8 Å². The molecule has 7 rings (SSSR count). The van der Waals surface area contributed by atoms with Gasteiger partial charge >= 0.3 is 5.63 Å². The third-order valence-corrected chi connectivity index (χ3v) is 8.34. The van der Waals surface area contributed by atoms with Crippen molar-refractivity contribution in [3.05, 3.63) is 128 Å². The summed E-state index contributed by atoms with van der Waals surface area (Å²) < 4.78 is 8.05. The minimum Gasteiger partial charge on any atom is -0.506 e. The van der Waals surface area contributed by atoms with E-state index in [4.69, 9.17) is 37.7 Å². The van der Waals surface area contributed by atoms with Crippen LogP contribution >= 0.6 is 39.1 Å². The number of hydrogen-bond acceptors (Lipinski definition) is 5. The molecule has 6 nitrogen and oxygen atoms in total. The van der Waals surface area contributed by atoms with Gasteiger partial charge in [-0.3, -0.25) is 0 Å². The van der Waals surface area contributed by atoms with Crippen LogP contribution in [-0.4, -0.2) is 19.9 Å². The summed E-state index contributed by atoms with van der Waals surface area (Å²) in [6.07, 6.45) is 1.88. The van der Waals surface area contributed by atoms with Crippen molar-refractivity contribution in [3.63, 3.8) is 0 Å². The molecule has 7 aromatic rings. The van der Waals surface area contributed by atoms with Gasteiger partial charge in [0, 0.05) is 43.9 Å². The number of pyridine rings is 1. The highest BCUT2D eigenvalue weighted by atomic mass is 79.9. The molecular weight excluding hydrogens is 649 g/mol. The van der Waals surface area contributed by atoms with Gasteiger partial charge in [-0.1, -0.05) is 59.6 Å². The second-order valence-electron chi connectivity index (χ2n) is 10.1. The zero-order valence-corrected chi connectivity index (χ0v) is 25.6. The van der Waals surface area contributed by atoms with Crippen LogP contribution in [0.5, 0.6) is 5.75 Å². The topological polar surface area (TPSA) is 81.2 Å². The lowest BCUT2D eigenvalue weighted by atomic mass is 9.96. The molecule has 0 fully saturated rings. The Labute approximate surface area is 263 Å². The zero-order chi connectivity index (χ0) is 29.8. The van der Waals surface area contributed by atoms with Crippen molar-refractivity contribution in [2.45, 2.75) is 6.92 Å². The number of hydrogen-bond donors (Lipinski definition) is 1. The monoisotopic (exact) mass is 667 g/mol. The second-order valence-corrected chi connectivity index (χ2v) is 11.9. The van der Waals surface area contributed by atoms with Crippen LogP contribution in [0.4, 0.5) is 0 Å². The Morgan fingerprint density at radius 2 is 1.63 bits per heavy atom. The fourth-order valence-corrected chi connectivity index (χ4v) is 6.16. The highest BCUT2D eigenvalue weighted by Gasteiger charge is 2.23. The summed E-state index contributed by atoms with van der Waals surface area (Å²) in [5, 5.41) is 18.0. The molecule has 9 heteroatoms. The van der Waals surface area contributed by atoms with Crippen LogP contribution in [0.3, 0.4) is 0 Å². The average Bonchev–Trinajstić information content (AvgIpc) is 3.44. The highest BCUT2D eigenvalue weighted by Crippen LogP contribution is 2.42. The predicted octanol–water partition coefficient (Wildman–Crippen LogP) is 9.61. The first kappa shape index (κ1) is 27.4. The lowest BCUT2D eigenvalue weighted by Crippen LogP contribution is -2.05. The van der Waals surface area contributed by atoms with E-state index < -0.39 is 5.63 Å². The summed E-state index contributed by atoms with van der Waals surface area (Å²) in [5.74, 6) is -0.0248. The molecule has 0 unspecified atom stereocenters. The first-order valence-corrected chi connectivity index (χ1v) is 14.8. The zero-order valence-electron chi connectivity index (χ0n) is 22.5. The van der Waals surface area contributed by atoms with E-state index in [1.54, 1.807) is 35.0 Å². The smallest absolute Gasteiger partial charge is 0.346 e. The van der Waals surface area contributed by atoms with Crippen LogP contribution in [0.2, 0.25) is 10.0 Å². The molecule has 3 heterocycles. The lowest BCUT2D eigenvalue weighted by molar-refractivity contribution is 0.474. The van der Waals surface area contributed by atoms with Gasteiger partial charge in [0.05, 0.1) is 26.8 Å². The van der Waals surface area contributed by atoms with Gasteiger partial charge in [-0.15, -0.1) is 0 Å². The van der Waals surface area contributed by atoms with E-state index >= 15 is 0 Å². The van der Waals surface area contributed by atoms with Crippen molar-refractivity contribution in [1.29, 1.82) is 0 Å². The van der Waals surface area contributed by atoms with E-state index in [-0.39, 0.29) is 5.75 Å². The molecule has 0 atom stereocenters. The number of fused-ring (bicyclic) bond motifs is 3. The summed E-state index contributed by atoms with van der Waals surface area (Å²) in [4.78, 5) is 18.7. The molecule has 0 spiro atoms. The normalized spacial score (nSPS) is 11.4. The molecule has 4 aromatic carbocycles. The highest BCUT2D eigenvalue weighted by molar-refractivity contribution is 9.10. The van der Waals surface area contributed by atoms with Crippen molar-refractivity contribution >= 4 is 61.0 Å². The molecule has 0 aliphatic heterocycles. The number of phenolic OH excluding ortho intramolecular Hbond substituents is 1. The maximum Gasteiger partial charge on any atom is 0.346 e. The standard InChI is InChI=1S/C34H20BrCl2N3O3/c1-18-7-12-23-29(13-18)43-34(42)30-24(16-28(38-32(23)30)25-14-21(37)15-27(35)33(25)41)26-17-40(22-5-3-2-4-6-22)39-31(26)19-8-10-20(36)11-9-19/h2-17,41H,1H3. The molecule has 0 bridgehead atoms. The molecule has 0 amide bonds. The number of aromatic nitrogens is 3. The molecule has 3 aromatic heterocycles. The fourth-order valence-electron chi connectivity index (χ4n) is 5.22. The van der Waals surface area contributed by atoms with Crippen LogP contribution in [0.1, 0.15) is 5.56 Å². The molecule has 210 valence electrons. The number of phenols is 1. The summed E-state index contributed by atoms with van der Waals surface area (Å²) in [6.45, 7) is 1.93. The second kappa shape index (κ2) is 10.7. The van der Waals surface area contributed by atoms with Gasteiger partial charge in [0.15, 0.2) is 0 Å². The summed E-state index contributed by atoms with van der Waals surface area (Å²) in [5.41, 5.74) is 5.56. The minimum absolute atomic E-state index is 0.0248. The third kappa shape index (κ3) is 4.89. The van der Waals surface area contributed by atoms with E-state index in [1.165, 1.54) is 0 Å². The first-order valence-electron chi connectivity index (χ1n) is 13.2. The van der Waals surface area contributed by atoms with Crippen LogP contribution < -0.4 is 5.63 Å². The summed E-state index contributed by atoms with van der Waals surface area (Å²) in [7, 11) is 0. The maximum atomic E-state index is 13.8. The molecular formula is C34H20BrCl2N3O3. The van der Waals surface area contributed by atoms with E-state index in [2.05, 4.69) is 15.9 Å². The molecule has 0 radical (unpaired) electrons. The molecule has 1 N–H and O–H groups in total. The Balaban J connectivity index is 1.63. The Hall–Kier alpha value is -4.43. The minimum atomic E-state index is -0.534. The van der Waals surface area contributed by atoms with Crippen LogP contribution in [0.25, 0.3) is 61.2 Å². The number of para-hydroxylation sites is 1. The van der Waals surface area contributed by atoms with Gasteiger partial charge < -0.3 is 9.52 Å². The number of rotatable bonds is 4. The number of halogens is 3. The first-order chi connectivity index (χ1) is 20.8. The SMILES string of the molecule is Cc1ccc2c(c1)oc(=O)c1c(-c3cn(-c4ccccc4)nc3-c3ccc(Cl)cc3)cc(-c3cc(Cl)cc(Br)c3O)nc12. The molecule has 0 saturated carbocycles. The van der Waals surface area contributed by atoms with Crippen LogP contribution in [0.15, 0.2) is 111 Å². The van der Waals surface area contributed by atoms with Crippen LogP contribution in [-0.2, 0) is 0 Å². The Bertz CT molecular complexity index is 2260. The quantitative estimate of drug-likeness (QED) is 0.149. The van der Waals surface area contributed by atoms with E-state index in [0.717, 1.165) is 16.8 Å². The Kier molecular flexibility index (Phi) is 6.81. The largest absolute Gasteiger partial charge is 0.506 e. The van der Waals surface area contributed by atoms with Gasteiger partial charge in [0.25, 0.3) is 0 Å².